The predicted molar refractivity (Wildman–Crippen MR) is 111 cm³/mol. The number of benzene rings is 2. The highest BCUT2D eigenvalue weighted by atomic mass is 79.9. The minimum Gasteiger partial charge on any atom is -0.358 e. The number of nitrogens with one attached hydrogen (secondary N) is 1. The van der Waals surface area contributed by atoms with Crippen LogP contribution >= 0.6 is 27.5 Å². The lowest BCUT2D eigenvalue weighted by Crippen LogP contribution is -2.17. The van der Waals surface area contributed by atoms with Crippen LogP contribution in [0, 0.1) is 10.1 Å². The molecule has 0 unspecified atom stereocenters. The molecule has 0 saturated carbocycles. The Morgan fingerprint density at radius 1 is 1.21 bits per heavy atom. The fourth-order valence-electron chi connectivity index (χ4n) is 2.61. The first-order valence-electron chi connectivity index (χ1n) is 8.41. The van der Waals surface area contributed by atoms with Gasteiger partial charge in [-0.3, -0.25) is 9.59 Å². The molecule has 0 aliphatic rings. The van der Waals surface area contributed by atoms with E-state index in [0.717, 1.165) is 0 Å². The second-order valence-electron chi connectivity index (χ2n) is 6.00. The molecule has 1 amide bonds. The number of carbonyl (C=O) groups is 2. The van der Waals surface area contributed by atoms with Crippen molar-refractivity contribution in [2.75, 3.05) is 5.32 Å². The molecule has 0 bridgehead atoms. The van der Waals surface area contributed by atoms with E-state index in [-0.39, 0.29) is 40.5 Å². The topological polar surface area (TPSA) is 107 Å². The molecule has 0 aliphatic heterocycles. The zero-order valence-corrected chi connectivity index (χ0v) is 17.2. The number of carbonyl (C=O) groups excluding carboxylic acids is 2. The normalized spacial score (nSPS) is 10.6. The fraction of sp³-hybridized carbons (Fsp3) is 0.105. The lowest BCUT2D eigenvalue weighted by Gasteiger charge is -2.11. The van der Waals surface area contributed by atoms with Gasteiger partial charge in [0.2, 0.25) is 5.91 Å². The minimum absolute atomic E-state index is 0.00681. The number of nitro groups is 1. The van der Waals surface area contributed by atoms with Crippen LogP contribution in [0.25, 0.3) is 0 Å². The first kappa shape index (κ1) is 20.7. The monoisotopic (exact) mass is 476 g/mol. The lowest BCUT2D eigenvalue weighted by molar-refractivity contribution is -0.390. The van der Waals surface area contributed by atoms with Gasteiger partial charge in [0.15, 0.2) is 5.78 Å². The van der Waals surface area contributed by atoms with E-state index in [1.165, 1.54) is 16.9 Å². The summed E-state index contributed by atoms with van der Waals surface area (Å²) in [7, 11) is 0. The van der Waals surface area contributed by atoms with Crippen LogP contribution in [0.1, 0.15) is 22.3 Å². The second kappa shape index (κ2) is 8.97. The van der Waals surface area contributed by atoms with Crippen molar-refractivity contribution in [1.82, 2.24) is 9.78 Å². The molecule has 1 heterocycles. The maximum absolute atomic E-state index is 12.8. The SMILES string of the molecule is O=C(CCn1cc(Br)c([N+](=O)[O-])n1)Nc1ccc(Cl)cc1C(=O)c1ccccc1. The number of amides is 1. The molecule has 0 radical (unpaired) electrons. The highest BCUT2D eigenvalue weighted by Crippen LogP contribution is 2.25. The minimum atomic E-state index is -0.615. The van der Waals surface area contributed by atoms with Gasteiger partial charge in [-0.15, -0.1) is 0 Å². The summed E-state index contributed by atoms with van der Waals surface area (Å²) in [6.45, 7) is 0.133. The number of hydrogen-bond acceptors (Lipinski definition) is 5. The van der Waals surface area contributed by atoms with Gasteiger partial charge in [0.05, 0.1) is 23.5 Å². The third-order valence-corrected chi connectivity index (χ3v) is 4.77. The first-order valence-corrected chi connectivity index (χ1v) is 9.58. The summed E-state index contributed by atoms with van der Waals surface area (Å²) in [5.74, 6) is -0.961. The van der Waals surface area contributed by atoms with Crippen LogP contribution in [0.5, 0.6) is 0 Å². The van der Waals surface area contributed by atoms with Crippen molar-refractivity contribution >= 4 is 50.7 Å². The zero-order chi connectivity index (χ0) is 21.0. The predicted octanol–water partition coefficient (Wildman–Crippen LogP) is 4.47. The van der Waals surface area contributed by atoms with Crippen LogP contribution < -0.4 is 5.32 Å². The van der Waals surface area contributed by atoms with E-state index in [2.05, 4.69) is 26.3 Å². The van der Waals surface area contributed by atoms with E-state index in [4.69, 9.17) is 11.6 Å². The molecule has 10 heteroatoms. The average Bonchev–Trinajstić information content (AvgIpc) is 3.09. The number of rotatable bonds is 7. The van der Waals surface area contributed by atoms with Gasteiger partial charge in [-0.2, -0.15) is 4.68 Å². The molecule has 0 aliphatic carbocycles. The molecular weight excluding hydrogens is 464 g/mol. The molecule has 0 fully saturated rings. The smallest absolute Gasteiger partial charge is 0.358 e. The van der Waals surface area contributed by atoms with Crippen molar-refractivity contribution < 1.29 is 14.5 Å². The van der Waals surface area contributed by atoms with E-state index >= 15 is 0 Å². The Balaban J connectivity index is 1.73. The first-order chi connectivity index (χ1) is 13.8. The molecule has 29 heavy (non-hydrogen) atoms. The molecule has 3 rings (SSSR count). The fourth-order valence-corrected chi connectivity index (χ4v) is 3.24. The number of aryl methyl sites for hydroxylation is 1. The van der Waals surface area contributed by atoms with Crippen molar-refractivity contribution in [3.8, 4) is 0 Å². The maximum Gasteiger partial charge on any atom is 0.404 e. The van der Waals surface area contributed by atoms with Gasteiger partial charge < -0.3 is 15.4 Å². The Kier molecular flexibility index (Phi) is 6.40. The molecular formula is C19H14BrClN4O4. The lowest BCUT2D eigenvalue weighted by atomic mass is 10.0. The summed E-state index contributed by atoms with van der Waals surface area (Å²) in [5, 5.41) is 17.7. The molecule has 1 aromatic heterocycles. The Hall–Kier alpha value is -3.04. The summed E-state index contributed by atoms with van der Waals surface area (Å²) < 4.78 is 1.54. The van der Waals surface area contributed by atoms with Gasteiger partial charge in [-0.05, 0) is 39.1 Å². The standard InChI is InChI=1S/C19H14BrClN4O4/c20-15-11-24(23-19(15)25(28)29)9-8-17(26)22-16-7-6-13(21)10-14(16)18(27)12-4-2-1-3-5-12/h1-7,10-11H,8-9H2,(H,22,26). The third-order valence-electron chi connectivity index (χ3n) is 3.98. The van der Waals surface area contributed by atoms with Crippen molar-refractivity contribution in [3.63, 3.8) is 0 Å². The van der Waals surface area contributed by atoms with E-state index < -0.39 is 4.92 Å². The van der Waals surface area contributed by atoms with Crippen LogP contribution in [-0.4, -0.2) is 26.4 Å². The molecule has 0 atom stereocenters. The average molecular weight is 478 g/mol. The molecule has 8 nitrogen and oxygen atoms in total. The Morgan fingerprint density at radius 3 is 2.59 bits per heavy atom. The van der Waals surface area contributed by atoms with Gasteiger partial charge in [-0.1, -0.05) is 41.9 Å². The summed E-state index contributed by atoms with van der Waals surface area (Å²) in [4.78, 5) is 35.4. The number of ketones is 1. The van der Waals surface area contributed by atoms with Crippen molar-refractivity contribution in [2.45, 2.75) is 13.0 Å². The van der Waals surface area contributed by atoms with Crippen molar-refractivity contribution in [3.05, 3.63) is 85.5 Å². The van der Waals surface area contributed by atoms with E-state index in [0.29, 0.717) is 16.3 Å². The second-order valence-corrected chi connectivity index (χ2v) is 7.29. The van der Waals surface area contributed by atoms with Gasteiger partial charge in [0, 0.05) is 22.6 Å². The zero-order valence-electron chi connectivity index (χ0n) is 14.8. The molecule has 0 saturated heterocycles. The maximum atomic E-state index is 12.8. The Bertz CT molecular complexity index is 1090. The Morgan fingerprint density at radius 2 is 1.93 bits per heavy atom. The summed E-state index contributed by atoms with van der Waals surface area (Å²) >= 11 is 9.09. The van der Waals surface area contributed by atoms with Gasteiger partial charge in [-0.25, -0.2) is 0 Å². The summed E-state index contributed by atoms with van der Waals surface area (Å²) in [6, 6.07) is 13.3. The third kappa shape index (κ3) is 5.07. The molecule has 3 aromatic rings. The highest BCUT2D eigenvalue weighted by Gasteiger charge is 2.20. The molecule has 2 aromatic carbocycles. The van der Waals surface area contributed by atoms with Crippen molar-refractivity contribution in [2.24, 2.45) is 0 Å². The number of hydrogen-bond donors (Lipinski definition) is 1. The summed E-state index contributed by atoms with van der Waals surface area (Å²) in [5.41, 5.74) is 1.08. The molecule has 0 spiro atoms. The van der Waals surface area contributed by atoms with Crippen LogP contribution in [0.15, 0.2) is 59.2 Å². The van der Waals surface area contributed by atoms with E-state index in [1.807, 2.05) is 0 Å². The van der Waals surface area contributed by atoms with E-state index in [9.17, 15) is 19.7 Å². The number of aromatic nitrogens is 2. The number of nitrogens with zero attached hydrogens (tertiary/aromatic N) is 3. The Labute approximate surface area is 178 Å². The van der Waals surface area contributed by atoms with Crippen LogP contribution in [0.4, 0.5) is 11.5 Å². The number of anilines is 1. The molecule has 1 N–H and O–H groups in total. The highest BCUT2D eigenvalue weighted by molar-refractivity contribution is 9.10. The van der Waals surface area contributed by atoms with E-state index in [1.54, 1.807) is 42.5 Å². The quantitative estimate of drug-likeness (QED) is 0.307. The van der Waals surface area contributed by atoms with Crippen LogP contribution in [0.2, 0.25) is 5.02 Å². The van der Waals surface area contributed by atoms with Crippen molar-refractivity contribution in [1.29, 1.82) is 0 Å². The van der Waals surface area contributed by atoms with Crippen LogP contribution in [-0.2, 0) is 11.3 Å². The number of halogens is 2. The van der Waals surface area contributed by atoms with Gasteiger partial charge in [0.25, 0.3) is 0 Å². The van der Waals surface area contributed by atoms with Gasteiger partial charge >= 0.3 is 5.82 Å². The largest absolute Gasteiger partial charge is 0.404 e. The molecule has 148 valence electrons. The van der Waals surface area contributed by atoms with Gasteiger partial charge in [0.1, 0.15) is 4.47 Å². The van der Waals surface area contributed by atoms with Crippen LogP contribution in [0.3, 0.4) is 0 Å². The summed E-state index contributed by atoms with van der Waals surface area (Å²) in [6.07, 6.45) is 1.44.